The first-order chi connectivity index (χ1) is 7.83. The summed E-state index contributed by atoms with van der Waals surface area (Å²) in [7, 11) is 3.64. The summed E-state index contributed by atoms with van der Waals surface area (Å²) in [6.45, 7) is 3.20. The molecule has 0 radical (unpaired) electrons. The minimum absolute atomic E-state index is 0.292. The number of carbonyl (C=O) groups excluding carboxylic acids is 1. The molecule has 0 rings (SSSR count). The number of ether oxygens (including phenoxy) is 3. The van der Waals surface area contributed by atoms with Crippen LogP contribution in [0.3, 0.4) is 0 Å². The van der Waals surface area contributed by atoms with E-state index in [2.05, 4.69) is 15.6 Å². The fraction of sp³-hybridized carbons (Fsp3) is 0.889. The van der Waals surface area contributed by atoms with E-state index in [1.807, 2.05) is 14.1 Å². The quantitative estimate of drug-likeness (QED) is 0.241. The molecule has 0 heterocycles. The molecule has 16 heavy (non-hydrogen) atoms. The van der Waals surface area contributed by atoms with Crippen molar-refractivity contribution in [2.45, 2.75) is 0 Å². The molecule has 0 amide bonds. The summed E-state index contributed by atoms with van der Waals surface area (Å²) >= 11 is 0. The van der Waals surface area contributed by atoms with Crippen LogP contribution in [0.25, 0.3) is 0 Å². The van der Waals surface area contributed by atoms with E-state index in [0.29, 0.717) is 46.1 Å². The molecule has 0 aromatic rings. The van der Waals surface area contributed by atoms with Crippen LogP contribution in [0.2, 0.25) is 0 Å². The average Bonchev–Trinajstić information content (AvgIpc) is 2.33. The van der Waals surface area contributed by atoms with Crippen molar-refractivity contribution < 1.29 is 19.0 Å². The Hall–Kier alpha value is -0.730. The zero-order valence-electron chi connectivity index (χ0n) is 10.0. The molecule has 0 aromatic carbocycles. The third kappa shape index (κ3) is 23.2. The lowest BCUT2D eigenvalue weighted by atomic mass is 10.7. The van der Waals surface area contributed by atoms with Gasteiger partial charge in [0.2, 0.25) is 0 Å². The molecule has 0 aliphatic heterocycles. The lowest BCUT2D eigenvalue weighted by molar-refractivity contribution is -0.130. The Bertz CT molecular complexity index is 125. The van der Waals surface area contributed by atoms with Gasteiger partial charge < -0.3 is 19.9 Å². The first-order valence-corrected chi connectivity index (χ1v) is 5.07. The molecule has 0 unspecified atom stereocenters. The predicted molar refractivity (Wildman–Crippen MR) is 60.8 cm³/mol. The van der Waals surface area contributed by atoms with Gasteiger partial charge in [0.05, 0.1) is 26.4 Å². The smallest absolute Gasteiger partial charge is 0.293 e. The second kappa shape index (κ2) is 19.8. The van der Waals surface area contributed by atoms with E-state index in [4.69, 9.17) is 15.2 Å². The van der Waals surface area contributed by atoms with Crippen LogP contribution in [0, 0.1) is 0 Å². The molecule has 0 aromatic heterocycles. The second-order valence-corrected chi connectivity index (χ2v) is 2.48. The monoisotopic (exact) mass is 237 g/mol. The van der Waals surface area contributed by atoms with E-state index in [1.54, 1.807) is 0 Å². The molecule has 0 saturated heterocycles. The van der Waals surface area contributed by atoms with Gasteiger partial charge in [-0.1, -0.05) is 0 Å². The molecular formula is C9H23N3O4. The molecule has 98 valence electrons. The van der Waals surface area contributed by atoms with Crippen LogP contribution in [0.15, 0.2) is 0 Å². The number of nitrogens with one attached hydrogen (secondary N) is 2. The van der Waals surface area contributed by atoms with Gasteiger partial charge in [0, 0.05) is 6.54 Å². The van der Waals surface area contributed by atoms with Crippen LogP contribution in [-0.2, 0) is 19.0 Å². The maximum atomic E-state index is 9.66. The van der Waals surface area contributed by atoms with Crippen LogP contribution in [0.5, 0.6) is 0 Å². The van der Waals surface area contributed by atoms with Crippen molar-refractivity contribution in [2.24, 2.45) is 5.73 Å². The standard InChI is InChI=1S/C7H15NO4.C2H8N2/c8-1-2-10-3-4-11-5-6-12-7-9;1-3-4-2/h7H,1-6,8H2;3-4H,1-2H3. The van der Waals surface area contributed by atoms with Crippen molar-refractivity contribution >= 4 is 6.47 Å². The van der Waals surface area contributed by atoms with Crippen molar-refractivity contribution in [1.29, 1.82) is 0 Å². The van der Waals surface area contributed by atoms with Gasteiger partial charge in [0.25, 0.3) is 6.47 Å². The summed E-state index contributed by atoms with van der Waals surface area (Å²) in [5, 5.41) is 0. The van der Waals surface area contributed by atoms with E-state index in [-0.39, 0.29) is 0 Å². The van der Waals surface area contributed by atoms with Crippen LogP contribution in [0.1, 0.15) is 0 Å². The van der Waals surface area contributed by atoms with Crippen molar-refractivity contribution in [3.63, 3.8) is 0 Å². The SMILES string of the molecule is CNNC.NCCOCCOCCOC=O. The van der Waals surface area contributed by atoms with E-state index < -0.39 is 0 Å². The number of nitrogens with two attached hydrogens (primary N) is 1. The Labute approximate surface area is 96.6 Å². The van der Waals surface area contributed by atoms with Gasteiger partial charge >= 0.3 is 0 Å². The number of rotatable bonds is 10. The minimum atomic E-state index is 0.292. The van der Waals surface area contributed by atoms with Gasteiger partial charge in [-0.3, -0.25) is 15.6 Å². The fourth-order valence-corrected chi connectivity index (χ4v) is 0.560. The molecule has 7 heteroatoms. The van der Waals surface area contributed by atoms with Crippen LogP contribution >= 0.6 is 0 Å². The van der Waals surface area contributed by atoms with Crippen LogP contribution < -0.4 is 16.6 Å². The Morgan fingerprint density at radius 3 is 1.94 bits per heavy atom. The predicted octanol–water partition coefficient (Wildman–Crippen LogP) is -1.51. The molecule has 0 spiro atoms. The van der Waals surface area contributed by atoms with Crippen molar-refractivity contribution in [3.05, 3.63) is 0 Å². The largest absolute Gasteiger partial charge is 0.465 e. The van der Waals surface area contributed by atoms with Gasteiger partial charge in [-0.15, -0.1) is 0 Å². The molecule has 0 aliphatic rings. The van der Waals surface area contributed by atoms with Gasteiger partial charge in [0.1, 0.15) is 6.61 Å². The topological polar surface area (TPSA) is 94.8 Å². The van der Waals surface area contributed by atoms with Gasteiger partial charge in [-0.05, 0) is 14.1 Å². The first-order valence-electron chi connectivity index (χ1n) is 5.07. The first kappa shape index (κ1) is 17.7. The Morgan fingerprint density at radius 1 is 1.00 bits per heavy atom. The molecule has 7 nitrogen and oxygen atoms in total. The maximum Gasteiger partial charge on any atom is 0.293 e. The summed E-state index contributed by atoms with van der Waals surface area (Å²) in [4.78, 5) is 9.66. The lowest BCUT2D eigenvalue weighted by Gasteiger charge is -2.03. The van der Waals surface area contributed by atoms with Gasteiger partial charge in [-0.2, -0.15) is 0 Å². The lowest BCUT2D eigenvalue weighted by Crippen LogP contribution is -2.21. The van der Waals surface area contributed by atoms with E-state index in [9.17, 15) is 4.79 Å². The van der Waals surface area contributed by atoms with Crippen molar-refractivity contribution in [2.75, 3.05) is 53.7 Å². The number of carbonyl (C=O) groups is 1. The molecule has 0 saturated carbocycles. The fourth-order valence-electron chi connectivity index (χ4n) is 0.560. The highest BCUT2D eigenvalue weighted by molar-refractivity contribution is 5.36. The number of hydrazine groups is 1. The maximum absolute atomic E-state index is 9.66. The Balaban J connectivity index is 0. The van der Waals surface area contributed by atoms with E-state index >= 15 is 0 Å². The third-order valence-electron chi connectivity index (χ3n) is 1.30. The van der Waals surface area contributed by atoms with Crippen LogP contribution in [0.4, 0.5) is 0 Å². The molecule has 0 aliphatic carbocycles. The van der Waals surface area contributed by atoms with Crippen LogP contribution in [-0.4, -0.2) is 60.1 Å². The molecule has 4 N–H and O–H groups in total. The van der Waals surface area contributed by atoms with Crippen molar-refractivity contribution in [3.8, 4) is 0 Å². The number of hydrogen-bond donors (Lipinski definition) is 3. The highest BCUT2D eigenvalue weighted by Gasteiger charge is 1.88. The Morgan fingerprint density at radius 2 is 1.50 bits per heavy atom. The zero-order valence-corrected chi connectivity index (χ0v) is 10.0. The summed E-state index contributed by atoms with van der Waals surface area (Å²) in [5.41, 5.74) is 10.5. The Kier molecular flexibility index (Phi) is 21.8. The summed E-state index contributed by atoms with van der Waals surface area (Å²) in [6.07, 6.45) is 0. The summed E-state index contributed by atoms with van der Waals surface area (Å²) in [6, 6.07) is 0. The van der Waals surface area contributed by atoms with Crippen molar-refractivity contribution in [1.82, 2.24) is 10.9 Å². The molecular weight excluding hydrogens is 214 g/mol. The normalized spacial score (nSPS) is 9.19. The molecule has 0 fully saturated rings. The van der Waals surface area contributed by atoms with Gasteiger partial charge in [-0.25, -0.2) is 0 Å². The molecule has 0 atom stereocenters. The highest BCUT2D eigenvalue weighted by atomic mass is 16.6. The second-order valence-electron chi connectivity index (χ2n) is 2.48. The summed E-state index contributed by atoms with van der Waals surface area (Å²) in [5.74, 6) is 0. The average molecular weight is 237 g/mol. The number of hydrogen-bond acceptors (Lipinski definition) is 7. The molecule has 0 bridgehead atoms. The summed E-state index contributed by atoms with van der Waals surface area (Å²) < 4.78 is 14.5. The third-order valence-corrected chi connectivity index (χ3v) is 1.30. The van der Waals surface area contributed by atoms with Gasteiger partial charge in [0.15, 0.2) is 0 Å². The minimum Gasteiger partial charge on any atom is -0.465 e. The van der Waals surface area contributed by atoms with E-state index in [1.165, 1.54) is 0 Å². The highest BCUT2D eigenvalue weighted by Crippen LogP contribution is 1.78. The van der Waals surface area contributed by atoms with E-state index in [0.717, 1.165) is 0 Å². The zero-order chi connectivity index (χ0) is 12.5.